The smallest absolute Gasteiger partial charge is 0.398 e. The molecule has 0 saturated carbocycles. The first-order chi connectivity index (χ1) is 13.5. The maximum absolute atomic E-state index is 8.55. The zero-order valence-corrected chi connectivity index (χ0v) is 12.3. The minimum Gasteiger partial charge on any atom is -0.398 e. The molecule has 0 radical (unpaired) electrons. The van der Waals surface area contributed by atoms with Gasteiger partial charge in [0.25, 0.3) is 0 Å². The van der Waals surface area contributed by atoms with Gasteiger partial charge in [-0.15, -0.1) is 0 Å². The molecule has 0 unspecified atom stereocenters. The average Bonchev–Trinajstić information content (AvgIpc) is 3.05. The molecule has 1 aliphatic heterocycles. The first kappa shape index (κ1) is 7.12. The summed E-state index contributed by atoms with van der Waals surface area (Å²) in [5, 5.41) is 0. The molecule has 110 valence electrons. The fourth-order valence-electron chi connectivity index (χ4n) is 1.93. The quantitative estimate of drug-likeness (QED) is 0.798. The monoisotopic (exact) mass is 293 g/mol. The van der Waals surface area contributed by atoms with E-state index >= 15 is 0 Å². The average molecular weight is 293 g/mol. The molecule has 5 heteroatoms. The number of imidazole rings is 1. The van der Waals surface area contributed by atoms with Crippen molar-refractivity contribution in [3.8, 4) is 5.69 Å². The van der Waals surface area contributed by atoms with Crippen LogP contribution in [0, 0.1) is 6.85 Å². The summed E-state index contributed by atoms with van der Waals surface area (Å²) in [5.74, 6) is -0.615. The van der Waals surface area contributed by atoms with Crippen LogP contribution in [0.15, 0.2) is 36.4 Å². The summed E-state index contributed by atoms with van der Waals surface area (Å²) in [6.07, 6.45) is -0.488. The van der Waals surface area contributed by atoms with Gasteiger partial charge in [-0.2, -0.15) is 0 Å². The van der Waals surface area contributed by atoms with E-state index in [1.165, 1.54) is 0 Å². The second-order valence-electron chi connectivity index (χ2n) is 5.83. The van der Waals surface area contributed by atoms with E-state index in [9.17, 15) is 0 Å². The fourth-order valence-corrected chi connectivity index (χ4v) is 1.93. The lowest BCUT2D eigenvalue weighted by Crippen LogP contribution is -2.41. The lowest BCUT2D eigenvalue weighted by atomic mass is 9.86. The summed E-state index contributed by atoms with van der Waals surface area (Å²) in [5.41, 5.74) is -2.16. The fraction of sp³-hybridized carbons (Fsp3) is 0.438. The zero-order valence-electron chi connectivity index (χ0n) is 21.3. The standard InChI is InChI=1S/C16H21BN2O2/c1-12-18-14(11-19(12)13-9-7-6-8-10-13)17-20-15(2,3)16(4,5)21-17/h6-11H,1-5H3/i1D3,6D,7D,8D,9D,10D,11D. The second-order valence-corrected chi connectivity index (χ2v) is 5.83. The molecule has 3 rings (SSSR count). The predicted molar refractivity (Wildman–Crippen MR) is 84.0 cm³/mol. The molecule has 21 heavy (non-hydrogen) atoms. The normalized spacial score (nSPS) is 26.7. The van der Waals surface area contributed by atoms with Crippen molar-refractivity contribution in [1.29, 1.82) is 0 Å². The summed E-state index contributed by atoms with van der Waals surface area (Å²) in [7, 11) is -1.16. The number of benzene rings is 1. The Morgan fingerprint density at radius 3 is 2.33 bits per heavy atom. The van der Waals surface area contributed by atoms with Crippen molar-refractivity contribution >= 4 is 12.7 Å². The van der Waals surface area contributed by atoms with E-state index in [1.54, 1.807) is 27.7 Å². The Morgan fingerprint density at radius 2 is 1.76 bits per heavy atom. The molecule has 2 heterocycles. The number of hydrogen-bond donors (Lipinski definition) is 0. The number of nitrogens with zero attached hydrogens (tertiary/aromatic N) is 2. The van der Waals surface area contributed by atoms with E-state index in [4.69, 9.17) is 21.6 Å². The van der Waals surface area contributed by atoms with Crippen LogP contribution >= 0.6 is 0 Å². The summed E-state index contributed by atoms with van der Waals surface area (Å²) < 4.78 is 84.3. The molecule has 1 saturated heterocycles. The van der Waals surface area contributed by atoms with Gasteiger partial charge in [-0.3, -0.25) is 0 Å². The van der Waals surface area contributed by atoms with E-state index in [0.717, 1.165) is 4.57 Å². The highest BCUT2D eigenvalue weighted by atomic mass is 16.7. The van der Waals surface area contributed by atoms with Crippen molar-refractivity contribution in [2.24, 2.45) is 0 Å². The minimum atomic E-state index is -2.83. The highest BCUT2D eigenvalue weighted by molar-refractivity contribution is 6.61. The Labute approximate surface area is 138 Å². The van der Waals surface area contributed by atoms with Crippen molar-refractivity contribution in [3.63, 3.8) is 0 Å². The molecule has 0 bridgehead atoms. The van der Waals surface area contributed by atoms with Gasteiger partial charge in [0.2, 0.25) is 0 Å². The van der Waals surface area contributed by atoms with Crippen molar-refractivity contribution < 1.29 is 21.6 Å². The molecular formula is C16H21BN2O2. The summed E-state index contributed by atoms with van der Waals surface area (Å²) in [4.78, 5) is 4.06. The van der Waals surface area contributed by atoms with Gasteiger partial charge in [-0.05, 0) is 46.6 Å². The van der Waals surface area contributed by atoms with Crippen molar-refractivity contribution in [3.05, 3.63) is 42.2 Å². The Bertz CT molecular complexity index is 988. The maximum Gasteiger partial charge on any atom is 0.516 e. The largest absolute Gasteiger partial charge is 0.516 e. The molecule has 2 aromatic rings. The first-order valence-electron chi connectivity index (χ1n) is 11.0. The Morgan fingerprint density at radius 1 is 1.14 bits per heavy atom. The molecule has 1 aromatic heterocycles. The van der Waals surface area contributed by atoms with Crippen LogP contribution in [-0.2, 0) is 9.31 Å². The Hall–Kier alpha value is -1.59. The molecule has 0 aliphatic carbocycles. The van der Waals surface area contributed by atoms with Gasteiger partial charge >= 0.3 is 7.12 Å². The van der Waals surface area contributed by atoms with Gasteiger partial charge in [0, 0.05) is 16.0 Å². The van der Waals surface area contributed by atoms with Crippen LogP contribution in [0.3, 0.4) is 0 Å². The molecule has 0 N–H and O–H groups in total. The minimum absolute atomic E-state index is 0.147. The number of para-hydroxylation sites is 1. The third-order valence-corrected chi connectivity index (χ3v) is 3.85. The van der Waals surface area contributed by atoms with Crippen LogP contribution < -0.4 is 5.59 Å². The van der Waals surface area contributed by atoms with Gasteiger partial charge < -0.3 is 13.9 Å². The van der Waals surface area contributed by atoms with Crippen molar-refractivity contribution in [2.45, 2.75) is 45.7 Å². The Kier molecular flexibility index (Phi) is 1.60. The molecule has 0 spiro atoms. The van der Waals surface area contributed by atoms with Crippen molar-refractivity contribution in [2.75, 3.05) is 0 Å². The third kappa shape index (κ3) is 2.41. The van der Waals surface area contributed by atoms with Gasteiger partial charge in [0.15, 0.2) is 0 Å². The number of rotatable bonds is 2. The summed E-state index contributed by atoms with van der Waals surface area (Å²) in [6.45, 7) is 4.31. The van der Waals surface area contributed by atoms with Crippen LogP contribution in [0.5, 0.6) is 0 Å². The van der Waals surface area contributed by atoms with Crippen LogP contribution in [0.4, 0.5) is 0 Å². The van der Waals surface area contributed by atoms with Gasteiger partial charge in [-0.25, -0.2) is 4.98 Å². The van der Waals surface area contributed by atoms with E-state index in [1.807, 2.05) is 0 Å². The SMILES string of the molecule is [2H]c1c([2H])c([2H])c(-n2c(C([2H])([2H])[2H])nc(B3OC(C)(C)C(C)(C)O3)c2[2H])c([2H])c1[2H]. The number of aryl methyl sites for hydroxylation is 1. The van der Waals surface area contributed by atoms with Crippen LogP contribution in [-0.4, -0.2) is 27.9 Å². The topological polar surface area (TPSA) is 36.3 Å². The zero-order chi connectivity index (χ0) is 23.0. The Balaban J connectivity index is 2.31. The summed E-state index contributed by atoms with van der Waals surface area (Å²) in [6, 6.07) is -3.20. The second kappa shape index (κ2) is 4.72. The molecule has 1 aliphatic rings. The highest BCUT2D eigenvalue weighted by Gasteiger charge is 2.52. The van der Waals surface area contributed by atoms with Crippen molar-refractivity contribution in [1.82, 2.24) is 9.55 Å². The van der Waals surface area contributed by atoms with Crippen LogP contribution in [0.2, 0.25) is 0 Å². The molecule has 1 aromatic carbocycles. The third-order valence-electron chi connectivity index (χ3n) is 3.85. The van der Waals surface area contributed by atoms with Gasteiger partial charge in [0.05, 0.1) is 25.0 Å². The van der Waals surface area contributed by atoms with E-state index in [0.29, 0.717) is 0 Å². The molecule has 0 atom stereocenters. The number of hydrogen-bond acceptors (Lipinski definition) is 3. The highest BCUT2D eigenvalue weighted by Crippen LogP contribution is 2.36. The molecular weight excluding hydrogens is 263 g/mol. The number of aromatic nitrogens is 2. The molecule has 1 fully saturated rings. The van der Waals surface area contributed by atoms with Crippen LogP contribution in [0.1, 0.15) is 45.9 Å². The maximum atomic E-state index is 8.55. The van der Waals surface area contributed by atoms with Crippen LogP contribution in [0.25, 0.3) is 5.69 Å². The predicted octanol–water partition coefficient (Wildman–Crippen LogP) is 2.48. The first-order valence-corrected chi connectivity index (χ1v) is 6.54. The summed E-state index contributed by atoms with van der Waals surface area (Å²) >= 11 is 0. The molecule has 0 amide bonds. The van der Waals surface area contributed by atoms with Gasteiger partial charge in [-0.1, -0.05) is 18.1 Å². The van der Waals surface area contributed by atoms with E-state index < -0.39 is 73.1 Å². The lowest BCUT2D eigenvalue weighted by molar-refractivity contribution is 0.00578. The lowest BCUT2D eigenvalue weighted by Gasteiger charge is -2.32. The van der Waals surface area contributed by atoms with E-state index in [-0.39, 0.29) is 5.59 Å². The molecule has 4 nitrogen and oxygen atoms in total. The van der Waals surface area contributed by atoms with Gasteiger partial charge in [0.1, 0.15) is 5.82 Å². The van der Waals surface area contributed by atoms with E-state index in [2.05, 4.69) is 4.98 Å².